The van der Waals surface area contributed by atoms with E-state index in [2.05, 4.69) is 27.7 Å². The quantitative estimate of drug-likeness (QED) is 0.819. The first-order valence-corrected chi connectivity index (χ1v) is 9.18. The number of nitrogens with zero attached hydrogens (tertiary/aromatic N) is 1. The van der Waals surface area contributed by atoms with Crippen LogP contribution in [0.3, 0.4) is 0 Å². The van der Waals surface area contributed by atoms with Crippen LogP contribution in [-0.4, -0.2) is 25.5 Å². The Morgan fingerprint density at radius 2 is 1.64 bits per heavy atom. The number of hydrogen-bond donors (Lipinski definition) is 2. The summed E-state index contributed by atoms with van der Waals surface area (Å²) in [6.45, 7) is 3.04. The van der Waals surface area contributed by atoms with Crippen molar-refractivity contribution in [3.63, 3.8) is 0 Å². The highest BCUT2D eigenvalue weighted by molar-refractivity contribution is 6.30. The first kappa shape index (κ1) is 17.6. The van der Waals surface area contributed by atoms with Crippen molar-refractivity contribution in [3.8, 4) is 0 Å². The Labute approximate surface area is 154 Å². The van der Waals surface area contributed by atoms with Crippen molar-refractivity contribution in [2.75, 3.05) is 29.9 Å². The predicted octanol–water partition coefficient (Wildman–Crippen LogP) is 4.06. The first-order valence-electron chi connectivity index (χ1n) is 8.81. The second-order valence-electron chi connectivity index (χ2n) is 6.35. The Morgan fingerprint density at radius 3 is 2.32 bits per heavy atom. The van der Waals surface area contributed by atoms with Gasteiger partial charge in [0.25, 0.3) is 0 Å². The van der Waals surface area contributed by atoms with E-state index < -0.39 is 0 Å². The molecule has 2 aromatic rings. The zero-order valence-corrected chi connectivity index (χ0v) is 15.1. The van der Waals surface area contributed by atoms with Gasteiger partial charge in [-0.1, -0.05) is 23.7 Å². The van der Waals surface area contributed by atoms with E-state index >= 15 is 0 Å². The number of carbonyl (C=O) groups excluding carboxylic acids is 1. The molecule has 1 amide bonds. The molecule has 2 N–H and O–H groups in total. The topological polar surface area (TPSA) is 44.4 Å². The lowest BCUT2D eigenvalue weighted by Crippen LogP contribution is -2.30. The van der Waals surface area contributed by atoms with E-state index in [-0.39, 0.29) is 12.5 Å². The zero-order valence-electron chi connectivity index (χ0n) is 14.3. The van der Waals surface area contributed by atoms with Gasteiger partial charge < -0.3 is 15.5 Å². The van der Waals surface area contributed by atoms with Crippen molar-refractivity contribution in [3.05, 3.63) is 59.1 Å². The molecule has 5 heteroatoms. The van der Waals surface area contributed by atoms with Crippen LogP contribution in [0, 0.1) is 0 Å². The van der Waals surface area contributed by atoms with Gasteiger partial charge in [0, 0.05) is 36.0 Å². The van der Waals surface area contributed by atoms with Crippen molar-refractivity contribution >= 4 is 28.9 Å². The minimum absolute atomic E-state index is 0.0324. The summed E-state index contributed by atoms with van der Waals surface area (Å²) in [5, 5.41) is 6.77. The van der Waals surface area contributed by atoms with Crippen LogP contribution in [0.25, 0.3) is 0 Å². The van der Waals surface area contributed by atoms with Crippen LogP contribution >= 0.6 is 11.6 Å². The van der Waals surface area contributed by atoms with Crippen molar-refractivity contribution in [1.82, 2.24) is 5.32 Å². The summed E-state index contributed by atoms with van der Waals surface area (Å²) in [5.41, 5.74) is 3.25. The average molecular weight is 358 g/mol. The maximum atomic E-state index is 12.0. The van der Waals surface area contributed by atoms with E-state index in [1.165, 1.54) is 24.9 Å². The second-order valence-corrected chi connectivity index (χ2v) is 6.79. The summed E-state index contributed by atoms with van der Waals surface area (Å²) in [7, 11) is 0. The van der Waals surface area contributed by atoms with E-state index in [4.69, 9.17) is 11.6 Å². The third kappa shape index (κ3) is 5.40. The van der Waals surface area contributed by atoms with Crippen molar-refractivity contribution in [2.45, 2.75) is 25.8 Å². The fourth-order valence-electron chi connectivity index (χ4n) is 2.99. The number of halogens is 1. The molecule has 0 spiro atoms. The maximum absolute atomic E-state index is 12.0. The SMILES string of the molecule is O=C(CNc1ccc(N2CCCCC2)cc1)NCc1ccc(Cl)cc1. The normalized spacial score (nSPS) is 14.2. The highest BCUT2D eigenvalue weighted by atomic mass is 35.5. The molecule has 0 aliphatic carbocycles. The second kappa shape index (κ2) is 8.77. The van der Waals surface area contributed by atoms with Crippen LogP contribution in [0.4, 0.5) is 11.4 Å². The molecule has 0 bridgehead atoms. The third-order valence-corrected chi connectivity index (χ3v) is 4.70. The molecule has 0 saturated carbocycles. The monoisotopic (exact) mass is 357 g/mol. The van der Waals surface area contributed by atoms with Gasteiger partial charge >= 0.3 is 0 Å². The first-order chi connectivity index (χ1) is 12.2. The summed E-state index contributed by atoms with van der Waals surface area (Å²) < 4.78 is 0. The molecular formula is C20H24ClN3O. The number of hydrogen-bond acceptors (Lipinski definition) is 3. The molecule has 132 valence electrons. The van der Waals surface area contributed by atoms with Crippen molar-refractivity contribution in [1.29, 1.82) is 0 Å². The lowest BCUT2D eigenvalue weighted by atomic mass is 10.1. The average Bonchev–Trinajstić information content (AvgIpc) is 2.67. The third-order valence-electron chi connectivity index (χ3n) is 4.44. The molecule has 25 heavy (non-hydrogen) atoms. The summed E-state index contributed by atoms with van der Waals surface area (Å²) in [5.74, 6) is -0.0324. The lowest BCUT2D eigenvalue weighted by Gasteiger charge is -2.28. The van der Waals surface area contributed by atoms with Gasteiger partial charge in [0.05, 0.1) is 6.54 Å². The Morgan fingerprint density at radius 1 is 0.960 bits per heavy atom. The van der Waals surface area contributed by atoms with E-state index in [1.54, 1.807) is 0 Å². The highest BCUT2D eigenvalue weighted by Gasteiger charge is 2.10. The minimum Gasteiger partial charge on any atom is -0.376 e. The summed E-state index contributed by atoms with van der Waals surface area (Å²) in [6.07, 6.45) is 3.88. The predicted molar refractivity (Wildman–Crippen MR) is 104 cm³/mol. The molecule has 0 aromatic heterocycles. The molecular weight excluding hydrogens is 334 g/mol. The van der Waals surface area contributed by atoms with Crippen LogP contribution in [-0.2, 0) is 11.3 Å². The summed E-state index contributed by atoms with van der Waals surface area (Å²) in [6, 6.07) is 15.8. The van der Waals surface area contributed by atoms with Crippen LogP contribution in [0.15, 0.2) is 48.5 Å². The molecule has 1 fully saturated rings. The van der Waals surface area contributed by atoms with Gasteiger partial charge in [0.15, 0.2) is 0 Å². The Balaban J connectivity index is 1.43. The van der Waals surface area contributed by atoms with Crippen LogP contribution in [0.1, 0.15) is 24.8 Å². The number of anilines is 2. The van der Waals surface area contributed by atoms with Gasteiger partial charge in [-0.05, 0) is 61.2 Å². The smallest absolute Gasteiger partial charge is 0.239 e. The molecule has 3 rings (SSSR count). The van der Waals surface area contributed by atoms with E-state index in [0.717, 1.165) is 24.3 Å². The molecule has 1 aliphatic heterocycles. The van der Waals surface area contributed by atoms with Crippen molar-refractivity contribution < 1.29 is 4.79 Å². The molecule has 1 saturated heterocycles. The largest absolute Gasteiger partial charge is 0.376 e. The number of nitrogens with one attached hydrogen (secondary N) is 2. The standard InChI is InChI=1S/C20H24ClN3O/c21-17-6-4-16(5-7-17)14-23-20(25)15-22-18-8-10-19(11-9-18)24-12-2-1-3-13-24/h4-11,22H,1-3,12-15H2,(H,23,25). The molecule has 1 heterocycles. The van der Waals surface area contributed by atoms with Gasteiger partial charge in [-0.2, -0.15) is 0 Å². The molecule has 0 atom stereocenters. The van der Waals surface area contributed by atoms with Crippen LogP contribution in [0.2, 0.25) is 5.02 Å². The fraction of sp³-hybridized carbons (Fsp3) is 0.350. The van der Waals surface area contributed by atoms with Gasteiger partial charge in [0.1, 0.15) is 0 Å². The van der Waals surface area contributed by atoms with Crippen LogP contribution < -0.4 is 15.5 Å². The Kier molecular flexibility index (Phi) is 6.18. The lowest BCUT2D eigenvalue weighted by molar-refractivity contribution is -0.119. The molecule has 0 radical (unpaired) electrons. The van der Waals surface area contributed by atoms with Gasteiger partial charge in [-0.25, -0.2) is 0 Å². The summed E-state index contributed by atoms with van der Waals surface area (Å²) >= 11 is 5.85. The Hall–Kier alpha value is -2.20. The van der Waals surface area contributed by atoms with Crippen LogP contribution in [0.5, 0.6) is 0 Å². The van der Waals surface area contributed by atoms with Gasteiger partial charge in [0.2, 0.25) is 5.91 Å². The number of carbonyl (C=O) groups is 1. The van der Waals surface area contributed by atoms with E-state index in [0.29, 0.717) is 11.6 Å². The van der Waals surface area contributed by atoms with Gasteiger partial charge in [-0.3, -0.25) is 4.79 Å². The van der Waals surface area contributed by atoms with E-state index in [1.807, 2.05) is 36.4 Å². The molecule has 0 unspecified atom stereocenters. The zero-order chi connectivity index (χ0) is 17.5. The van der Waals surface area contributed by atoms with Crippen molar-refractivity contribution in [2.24, 2.45) is 0 Å². The highest BCUT2D eigenvalue weighted by Crippen LogP contribution is 2.21. The summed E-state index contributed by atoms with van der Waals surface area (Å²) in [4.78, 5) is 14.4. The Bertz CT molecular complexity index is 679. The molecule has 2 aromatic carbocycles. The number of rotatable bonds is 6. The molecule has 4 nitrogen and oxygen atoms in total. The number of amides is 1. The maximum Gasteiger partial charge on any atom is 0.239 e. The minimum atomic E-state index is -0.0324. The number of piperidine rings is 1. The van der Waals surface area contributed by atoms with E-state index in [9.17, 15) is 4.79 Å². The fourth-order valence-corrected chi connectivity index (χ4v) is 3.12. The molecule has 1 aliphatic rings. The number of benzene rings is 2. The van der Waals surface area contributed by atoms with Gasteiger partial charge in [-0.15, -0.1) is 0 Å².